The van der Waals surface area contributed by atoms with Crippen molar-refractivity contribution in [2.75, 3.05) is 12.0 Å². The largest absolute Gasteiger partial charge is 0.471 e. The van der Waals surface area contributed by atoms with Crippen LogP contribution in [0.15, 0.2) is 54.2 Å². The van der Waals surface area contributed by atoms with Crippen LogP contribution in [0.5, 0.6) is 0 Å². The summed E-state index contributed by atoms with van der Waals surface area (Å²) in [5.74, 6) is -5.75. The lowest BCUT2D eigenvalue weighted by molar-refractivity contribution is -0.186. The number of likely N-dealkylation sites (tertiary alicyclic amines) is 1. The Morgan fingerprint density at radius 2 is 1.47 bits per heavy atom. The summed E-state index contributed by atoms with van der Waals surface area (Å²) in [6.45, 7) is 0. The highest BCUT2D eigenvalue weighted by atomic mass is 19.4. The number of amides is 2. The standard InChI is InChI=1S/C24H16F6N2O4/c1-36-19(33)16-11-22-14-8-4-5-9-15(14)32(21(35)24(28,29)30)18(22)13-7-3-2-6-12(13)10-17(22)31(16)20(34)23(25,26)27/h2-10,16,18H,11H2,1H3/t16?,18-,22+/m0/s1. The van der Waals surface area contributed by atoms with Crippen LogP contribution in [0.25, 0.3) is 6.08 Å². The van der Waals surface area contributed by atoms with Crippen LogP contribution in [-0.4, -0.2) is 48.2 Å². The van der Waals surface area contributed by atoms with Gasteiger partial charge in [0.2, 0.25) is 0 Å². The predicted molar refractivity (Wildman–Crippen MR) is 112 cm³/mol. The van der Waals surface area contributed by atoms with Crippen molar-refractivity contribution < 1.29 is 45.5 Å². The molecule has 2 heterocycles. The number of hydrogen-bond acceptors (Lipinski definition) is 4. The Hall–Kier alpha value is -3.83. The van der Waals surface area contributed by atoms with Crippen molar-refractivity contribution in [1.82, 2.24) is 4.90 Å². The minimum atomic E-state index is -5.40. The third-order valence-corrected chi connectivity index (χ3v) is 6.89. The molecule has 0 radical (unpaired) electrons. The molecule has 3 atom stereocenters. The van der Waals surface area contributed by atoms with Crippen LogP contribution in [0.1, 0.15) is 29.2 Å². The highest BCUT2D eigenvalue weighted by molar-refractivity contribution is 6.03. The van der Waals surface area contributed by atoms with Gasteiger partial charge in [-0.1, -0.05) is 42.5 Å². The summed E-state index contributed by atoms with van der Waals surface area (Å²) in [5.41, 5.74) is -1.71. The van der Waals surface area contributed by atoms with E-state index in [0.717, 1.165) is 7.11 Å². The third-order valence-electron chi connectivity index (χ3n) is 6.89. The Morgan fingerprint density at radius 3 is 2.11 bits per heavy atom. The first-order valence-electron chi connectivity index (χ1n) is 10.6. The van der Waals surface area contributed by atoms with Crippen molar-refractivity contribution in [2.45, 2.75) is 36.3 Å². The van der Waals surface area contributed by atoms with Gasteiger partial charge in [0.1, 0.15) is 6.04 Å². The lowest BCUT2D eigenvalue weighted by atomic mass is 9.66. The second-order valence-corrected chi connectivity index (χ2v) is 8.64. The summed E-state index contributed by atoms with van der Waals surface area (Å²) < 4.78 is 87.2. The number of ether oxygens (including phenoxy) is 1. The van der Waals surface area contributed by atoms with E-state index in [1.165, 1.54) is 54.6 Å². The first-order valence-corrected chi connectivity index (χ1v) is 10.6. The van der Waals surface area contributed by atoms with Crippen LogP contribution in [0.4, 0.5) is 32.0 Å². The van der Waals surface area contributed by atoms with E-state index in [0.29, 0.717) is 4.90 Å². The molecule has 0 aromatic heterocycles. The van der Waals surface area contributed by atoms with Gasteiger partial charge in [-0.15, -0.1) is 0 Å². The van der Waals surface area contributed by atoms with Crippen LogP contribution < -0.4 is 4.90 Å². The van der Waals surface area contributed by atoms with Gasteiger partial charge in [-0.05, 0) is 35.3 Å². The molecule has 0 saturated carbocycles. The summed E-state index contributed by atoms with van der Waals surface area (Å²) in [5, 5.41) is 0. The maximum Gasteiger partial charge on any atom is 0.471 e. The van der Waals surface area contributed by atoms with Crippen molar-refractivity contribution >= 4 is 29.5 Å². The number of rotatable bonds is 1. The van der Waals surface area contributed by atoms with E-state index in [1.807, 2.05) is 0 Å². The zero-order valence-electron chi connectivity index (χ0n) is 18.4. The monoisotopic (exact) mass is 510 g/mol. The van der Waals surface area contributed by atoms with Gasteiger partial charge in [0, 0.05) is 11.4 Å². The van der Waals surface area contributed by atoms with Gasteiger partial charge in [-0.2, -0.15) is 26.3 Å². The Morgan fingerprint density at radius 1 is 0.889 bits per heavy atom. The molecule has 1 spiro atoms. The van der Waals surface area contributed by atoms with E-state index in [1.54, 1.807) is 0 Å². The van der Waals surface area contributed by atoms with Gasteiger partial charge < -0.3 is 4.74 Å². The molecule has 6 nitrogen and oxygen atoms in total. The molecular weight excluding hydrogens is 494 g/mol. The molecule has 0 bridgehead atoms. The van der Waals surface area contributed by atoms with Crippen LogP contribution >= 0.6 is 0 Å². The van der Waals surface area contributed by atoms with E-state index < -0.39 is 54.1 Å². The Labute approximate surface area is 199 Å². The van der Waals surface area contributed by atoms with Crippen LogP contribution in [-0.2, 0) is 24.5 Å². The summed E-state index contributed by atoms with van der Waals surface area (Å²) in [7, 11) is 0.931. The highest BCUT2D eigenvalue weighted by Gasteiger charge is 2.68. The van der Waals surface area contributed by atoms with E-state index >= 15 is 0 Å². The van der Waals surface area contributed by atoms with E-state index in [2.05, 4.69) is 4.74 Å². The maximum absolute atomic E-state index is 13.8. The second-order valence-electron chi connectivity index (χ2n) is 8.64. The number of esters is 1. The fraction of sp³-hybridized carbons (Fsp3) is 0.292. The number of halogens is 6. The molecule has 2 aliphatic heterocycles. The van der Waals surface area contributed by atoms with Gasteiger partial charge >= 0.3 is 30.1 Å². The number of benzene rings is 2. The number of carbonyl (C=O) groups is 3. The molecule has 1 fully saturated rings. The molecular formula is C24H16F6N2O4. The molecule has 36 heavy (non-hydrogen) atoms. The molecule has 5 rings (SSSR count). The van der Waals surface area contributed by atoms with Gasteiger partial charge in [-0.25, -0.2) is 4.79 Å². The SMILES string of the molecule is COC(=O)C1C[C@@]23C(=Cc4ccccc4[C@@H]2N(C(=O)C(F)(F)F)c2ccccc23)N1C(=O)C(F)(F)F. The third kappa shape index (κ3) is 3.09. The normalized spacial score (nSPS) is 24.4. The lowest BCUT2D eigenvalue weighted by Crippen LogP contribution is -2.49. The van der Waals surface area contributed by atoms with Gasteiger partial charge in [-0.3, -0.25) is 19.4 Å². The lowest BCUT2D eigenvalue weighted by Gasteiger charge is -2.41. The van der Waals surface area contributed by atoms with Crippen molar-refractivity contribution in [3.05, 3.63) is 70.9 Å². The Bertz CT molecular complexity index is 1330. The van der Waals surface area contributed by atoms with E-state index in [9.17, 15) is 40.7 Å². The molecule has 188 valence electrons. The van der Waals surface area contributed by atoms with Crippen molar-refractivity contribution in [3.8, 4) is 0 Å². The topological polar surface area (TPSA) is 66.9 Å². The first-order chi connectivity index (χ1) is 16.8. The highest BCUT2D eigenvalue weighted by Crippen LogP contribution is 2.66. The number of fused-ring (bicyclic) bond motifs is 3. The summed E-state index contributed by atoms with van der Waals surface area (Å²) in [6, 6.07) is 8.21. The van der Waals surface area contributed by atoms with Crippen LogP contribution in [0, 0.1) is 0 Å². The van der Waals surface area contributed by atoms with Crippen molar-refractivity contribution in [3.63, 3.8) is 0 Å². The number of alkyl halides is 6. The smallest absolute Gasteiger partial charge is 0.467 e. The number of nitrogens with zero attached hydrogens (tertiary/aromatic N) is 2. The molecule has 0 N–H and O–H groups in total. The summed E-state index contributed by atoms with van der Waals surface area (Å²) in [4.78, 5) is 38.8. The number of para-hydroxylation sites is 1. The quantitative estimate of drug-likeness (QED) is 0.425. The van der Waals surface area contributed by atoms with Gasteiger partial charge in [0.25, 0.3) is 0 Å². The zero-order chi connectivity index (χ0) is 26.2. The molecule has 3 aliphatic rings. The van der Waals surface area contributed by atoms with Gasteiger partial charge in [0.15, 0.2) is 0 Å². The predicted octanol–water partition coefficient (Wildman–Crippen LogP) is 4.27. The zero-order valence-corrected chi connectivity index (χ0v) is 18.4. The minimum Gasteiger partial charge on any atom is -0.467 e. The fourth-order valence-electron chi connectivity index (χ4n) is 5.67. The minimum absolute atomic E-state index is 0.0970. The van der Waals surface area contributed by atoms with Crippen molar-refractivity contribution in [2.24, 2.45) is 0 Å². The van der Waals surface area contributed by atoms with Crippen molar-refractivity contribution in [1.29, 1.82) is 0 Å². The number of anilines is 1. The number of carbonyl (C=O) groups excluding carboxylic acids is 3. The molecule has 1 saturated heterocycles. The molecule has 12 heteroatoms. The van der Waals surface area contributed by atoms with Crippen LogP contribution in [0.3, 0.4) is 0 Å². The summed E-state index contributed by atoms with van der Waals surface area (Å²) >= 11 is 0. The first kappa shape index (κ1) is 23.9. The molecule has 2 aromatic carbocycles. The second kappa shape index (κ2) is 7.58. The van der Waals surface area contributed by atoms with Gasteiger partial charge in [0.05, 0.1) is 18.6 Å². The maximum atomic E-state index is 13.8. The molecule has 1 unspecified atom stereocenters. The fourth-order valence-corrected chi connectivity index (χ4v) is 5.67. The number of hydrogen-bond donors (Lipinski definition) is 0. The molecule has 2 amide bonds. The van der Waals surface area contributed by atoms with E-state index in [4.69, 9.17) is 0 Å². The van der Waals surface area contributed by atoms with E-state index in [-0.39, 0.29) is 33.0 Å². The summed E-state index contributed by atoms with van der Waals surface area (Å²) in [6.07, 6.45) is -9.97. The number of methoxy groups -OCH3 is 1. The average molecular weight is 510 g/mol. The Balaban J connectivity index is 1.86. The van der Waals surface area contributed by atoms with Crippen LogP contribution in [0.2, 0.25) is 0 Å². The Kier molecular flexibility index (Phi) is 5.03. The molecule has 2 aromatic rings. The average Bonchev–Trinajstić information content (AvgIpc) is 3.32. The molecule has 1 aliphatic carbocycles.